The average Bonchev–Trinajstić information content (AvgIpc) is 2.56. The molecule has 0 aliphatic carbocycles. The summed E-state index contributed by atoms with van der Waals surface area (Å²) in [5.41, 5.74) is 6.22. The van der Waals surface area contributed by atoms with Crippen LogP contribution in [0.4, 0.5) is 5.69 Å². The Hall–Kier alpha value is -2.54. The van der Waals surface area contributed by atoms with E-state index in [0.29, 0.717) is 0 Å². The van der Waals surface area contributed by atoms with Crippen molar-refractivity contribution in [2.75, 3.05) is 19.0 Å². The smallest absolute Gasteiger partial charge is 0.0373 e. The summed E-state index contributed by atoms with van der Waals surface area (Å²) in [6.45, 7) is 0. The highest BCUT2D eigenvalue weighted by Crippen LogP contribution is 2.31. The standard InChI is InChI=1S/C20H19N/c1-21(2)20-14-18(16-9-5-3-6-10-16)13-19(15-20)17-11-7-4-8-12-17/h3-15H,1-2H3. The molecule has 21 heavy (non-hydrogen) atoms. The third-order valence-electron chi connectivity index (χ3n) is 3.65. The fourth-order valence-electron chi connectivity index (χ4n) is 2.46. The van der Waals surface area contributed by atoms with Gasteiger partial charge in [0.15, 0.2) is 0 Å². The first-order valence-electron chi connectivity index (χ1n) is 7.17. The number of anilines is 1. The van der Waals surface area contributed by atoms with Crippen LogP contribution >= 0.6 is 0 Å². The number of hydrogen-bond donors (Lipinski definition) is 0. The van der Waals surface area contributed by atoms with Gasteiger partial charge in [-0.05, 0) is 40.5 Å². The van der Waals surface area contributed by atoms with Crippen LogP contribution < -0.4 is 4.90 Å². The van der Waals surface area contributed by atoms with Gasteiger partial charge in [-0.2, -0.15) is 0 Å². The van der Waals surface area contributed by atoms with Crippen molar-refractivity contribution in [2.24, 2.45) is 0 Å². The van der Waals surface area contributed by atoms with E-state index in [9.17, 15) is 0 Å². The Labute approximate surface area is 126 Å². The molecule has 0 saturated heterocycles. The summed E-state index contributed by atoms with van der Waals surface area (Å²) in [5, 5.41) is 0. The zero-order valence-corrected chi connectivity index (χ0v) is 12.5. The first-order chi connectivity index (χ1) is 10.2. The summed E-state index contributed by atoms with van der Waals surface area (Å²) in [5.74, 6) is 0. The summed E-state index contributed by atoms with van der Waals surface area (Å²) in [4.78, 5) is 2.15. The van der Waals surface area contributed by atoms with Crippen molar-refractivity contribution in [3.05, 3.63) is 78.9 Å². The Morgan fingerprint density at radius 3 is 1.33 bits per heavy atom. The monoisotopic (exact) mass is 273 g/mol. The van der Waals surface area contributed by atoms with E-state index in [1.165, 1.54) is 27.9 Å². The maximum Gasteiger partial charge on any atom is 0.0373 e. The van der Waals surface area contributed by atoms with Crippen LogP contribution in [0.25, 0.3) is 22.3 Å². The molecule has 0 unspecified atom stereocenters. The zero-order valence-electron chi connectivity index (χ0n) is 12.5. The van der Waals surface area contributed by atoms with Crippen molar-refractivity contribution >= 4 is 5.69 Å². The summed E-state index contributed by atoms with van der Waals surface area (Å²) >= 11 is 0. The fraction of sp³-hybridized carbons (Fsp3) is 0.100. The number of rotatable bonds is 3. The molecule has 0 saturated carbocycles. The second kappa shape index (κ2) is 5.84. The predicted octanol–water partition coefficient (Wildman–Crippen LogP) is 5.09. The summed E-state index contributed by atoms with van der Waals surface area (Å²) in [6.07, 6.45) is 0. The van der Waals surface area contributed by atoms with E-state index in [4.69, 9.17) is 0 Å². The van der Waals surface area contributed by atoms with Crippen LogP contribution in [0.5, 0.6) is 0 Å². The van der Waals surface area contributed by atoms with Crippen LogP contribution in [0.2, 0.25) is 0 Å². The maximum atomic E-state index is 2.26. The normalized spacial score (nSPS) is 10.4. The van der Waals surface area contributed by atoms with Crippen molar-refractivity contribution in [3.8, 4) is 22.3 Å². The SMILES string of the molecule is CN(C)c1cc(-c2ccccc2)cc(-c2ccccc2)c1. The first-order valence-corrected chi connectivity index (χ1v) is 7.17. The van der Waals surface area contributed by atoms with Crippen LogP contribution in [0.1, 0.15) is 0 Å². The molecule has 0 spiro atoms. The highest BCUT2D eigenvalue weighted by molar-refractivity contribution is 5.78. The molecule has 3 aromatic rings. The molecule has 0 aliphatic rings. The molecule has 0 aromatic heterocycles. The highest BCUT2D eigenvalue weighted by atomic mass is 15.1. The molecule has 0 N–H and O–H groups in total. The highest BCUT2D eigenvalue weighted by Gasteiger charge is 2.06. The van der Waals surface area contributed by atoms with E-state index in [1.54, 1.807) is 0 Å². The molecule has 1 nitrogen and oxygen atoms in total. The molecule has 0 aliphatic heterocycles. The molecule has 3 aromatic carbocycles. The van der Waals surface area contributed by atoms with Gasteiger partial charge < -0.3 is 4.90 Å². The Kier molecular flexibility index (Phi) is 3.74. The van der Waals surface area contributed by atoms with Gasteiger partial charge in [0.1, 0.15) is 0 Å². The Balaban J connectivity index is 2.16. The Morgan fingerprint density at radius 2 is 0.952 bits per heavy atom. The van der Waals surface area contributed by atoms with E-state index < -0.39 is 0 Å². The van der Waals surface area contributed by atoms with Crippen LogP contribution in [-0.2, 0) is 0 Å². The van der Waals surface area contributed by atoms with Crippen molar-refractivity contribution in [2.45, 2.75) is 0 Å². The second-order valence-electron chi connectivity index (χ2n) is 5.40. The third kappa shape index (κ3) is 2.97. The van der Waals surface area contributed by atoms with E-state index in [-0.39, 0.29) is 0 Å². The Morgan fingerprint density at radius 1 is 0.524 bits per heavy atom. The molecular formula is C20H19N. The van der Waals surface area contributed by atoms with E-state index in [0.717, 1.165) is 0 Å². The lowest BCUT2D eigenvalue weighted by Gasteiger charge is -2.16. The molecular weight excluding hydrogens is 254 g/mol. The largest absolute Gasteiger partial charge is 0.378 e. The van der Waals surface area contributed by atoms with Crippen molar-refractivity contribution in [1.29, 1.82) is 0 Å². The van der Waals surface area contributed by atoms with E-state index in [2.05, 4.69) is 97.9 Å². The third-order valence-corrected chi connectivity index (χ3v) is 3.65. The van der Waals surface area contributed by atoms with Crippen LogP contribution in [0.3, 0.4) is 0 Å². The first kappa shape index (κ1) is 13.4. The predicted molar refractivity (Wildman–Crippen MR) is 91.6 cm³/mol. The number of nitrogens with zero attached hydrogens (tertiary/aromatic N) is 1. The van der Waals surface area contributed by atoms with Crippen molar-refractivity contribution in [1.82, 2.24) is 0 Å². The summed E-state index contributed by atoms with van der Waals surface area (Å²) in [6, 6.07) is 27.8. The molecule has 0 heterocycles. The molecule has 1 heteroatoms. The average molecular weight is 273 g/mol. The molecule has 0 amide bonds. The van der Waals surface area contributed by atoms with Crippen LogP contribution in [0, 0.1) is 0 Å². The molecule has 0 bridgehead atoms. The van der Waals surface area contributed by atoms with Gasteiger partial charge in [0, 0.05) is 19.8 Å². The Bertz CT molecular complexity index is 658. The topological polar surface area (TPSA) is 3.24 Å². The lowest BCUT2D eigenvalue weighted by Crippen LogP contribution is -2.08. The molecule has 0 atom stereocenters. The minimum atomic E-state index is 1.22. The van der Waals surface area contributed by atoms with E-state index >= 15 is 0 Å². The molecule has 0 fully saturated rings. The van der Waals surface area contributed by atoms with Crippen molar-refractivity contribution < 1.29 is 0 Å². The van der Waals surface area contributed by atoms with Gasteiger partial charge in [-0.15, -0.1) is 0 Å². The van der Waals surface area contributed by atoms with Crippen molar-refractivity contribution in [3.63, 3.8) is 0 Å². The molecule has 0 radical (unpaired) electrons. The zero-order chi connectivity index (χ0) is 14.7. The number of benzene rings is 3. The van der Waals surface area contributed by atoms with Gasteiger partial charge >= 0.3 is 0 Å². The van der Waals surface area contributed by atoms with Gasteiger partial charge in [0.05, 0.1) is 0 Å². The number of hydrogen-bond acceptors (Lipinski definition) is 1. The minimum absolute atomic E-state index is 1.22. The lowest BCUT2D eigenvalue weighted by molar-refractivity contribution is 1.13. The van der Waals surface area contributed by atoms with Crippen LogP contribution in [0.15, 0.2) is 78.9 Å². The van der Waals surface area contributed by atoms with Gasteiger partial charge in [-0.25, -0.2) is 0 Å². The minimum Gasteiger partial charge on any atom is -0.378 e. The van der Waals surface area contributed by atoms with E-state index in [1.807, 2.05) is 0 Å². The van der Waals surface area contributed by atoms with Gasteiger partial charge in [0.2, 0.25) is 0 Å². The quantitative estimate of drug-likeness (QED) is 0.642. The second-order valence-corrected chi connectivity index (χ2v) is 5.40. The summed E-state index contributed by atoms with van der Waals surface area (Å²) < 4.78 is 0. The van der Waals surface area contributed by atoms with Gasteiger partial charge in [-0.3, -0.25) is 0 Å². The summed E-state index contributed by atoms with van der Waals surface area (Å²) in [7, 11) is 4.16. The van der Waals surface area contributed by atoms with Gasteiger partial charge in [-0.1, -0.05) is 60.7 Å². The fourth-order valence-corrected chi connectivity index (χ4v) is 2.46. The van der Waals surface area contributed by atoms with Crippen LogP contribution in [-0.4, -0.2) is 14.1 Å². The molecule has 104 valence electrons. The maximum absolute atomic E-state index is 2.26. The van der Waals surface area contributed by atoms with Gasteiger partial charge in [0.25, 0.3) is 0 Å². The molecule has 3 rings (SSSR count). The lowest BCUT2D eigenvalue weighted by atomic mass is 9.98.